The standard InChI is InChI=1S/C13H20N2/c1-4-15-9-10(2)12-7-11(8-14-3)5-6-13(12)15/h5-7,10,14H,4,8-9H2,1-3H3. The molecular weight excluding hydrogens is 184 g/mol. The van der Waals surface area contributed by atoms with E-state index in [1.165, 1.54) is 23.4 Å². The highest BCUT2D eigenvalue weighted by Gasteiger charge is 2.24. The van der Waals surface area contributed by atoms with Gasteiger partial charge in [-0.15, -0.1) is 0 Å². The maximum Gasteiger partial charge on any atom is 0.0402 e. The van der Waals surface area contributed by atoms with Gasteiger partial charge in [-0.3, -0.25) is 0 Å². The second-order valence-corrected chi connectivity index (χ2v) is 4.36. The minimum atomic E-state index is 0.678. The Bertz CT molecular complexity index is 346. The number of nitrogens with one attached hydrogen (secondary N) is 1. The van der Waals surface area contributed by atoms with E-state index in [4.69, 9.17) is 0 Å². The molecule has 0 fully saturated rings. The number of fused-ring (bicyclic) bond motifs is 1. The molecule has 1 atom stereocenters. The van der Waals surface area contributed by atoms with Crippen molar-refractivity contribution in [3.8, 4) is 0 Å². The van der Waals surface area contributed by atoms with E-state index >= 15 is 0 Å². The van der Waals surface area contributed by atoms with Crippen LogP contribution in [0.1, 0.15) is 30.9 Å². The molecule has 1 unspecified atom stereocenters. The number of hydrogen-bond donors (Lipinski definition) is 1. The molecule has 0 amide bonds. The van der Waals surface area contributed by atoms with Crippen LogP contribution in [-0.2, 0) is 6.54 Å². The summed E-state index contributed by atoms with van der Waals surface area (Å²) >= 11 is 0. The number of anilines is 1. The third kappa shape index (κ3) is 1.86. The average molecular weight is 204 g/mol. The lowest BCUT2D eigenvalue weighted by Gasteiger charge is -2.16. The zero-order chi connectivity index (χ0) is 10.8. The lowest BCUT2D eigenvalue weighted by molar-refractivity contribution is 0.760. The number of rotatable bonds is 3. The molecule has 2 nitrogen and oxygen atoms in total. The zero-order valence-electron chi connectivity index (χ0n) is 9.88. The molecule has 0 bridgehead atoms. The molecular formula is C13H20N2. The van der Waals surface area contributed by atoms with Crippen LogP contribution in [-0.4, -0.2) is 20.1 Å². The molecule has 0 saturated heterocycles. The maximum atomic E-state index is 3.20. The number of benzene rings is 1. The minimum Gasteiger partial charge on any atom is -0.371 e. The molecule has 0 radical (unpaired) electrons. The molecule has 1 aliphatic heterocycles. The van der Waals surface area contributed by atoms with Crippen LogP contribution in [0.2, 0.25) is 0 Å². The summed E-state index contributed by atoms with van der Waals surface area (Å²) in [6.45, 7) is 7.80. The van der Waals surface area contributed by atoms with Gasteiger partial charge in [0.05, 0.1) is 0 Å². The van der Waals surface area contributed by atoms with Crippen LogP contribution >= 0.6 is 0 Å². The minimum absolute atomic E-state index is 0.678. The van der Waals surface area contributed by atoms with Crippen LogP contribution in [0, 0.1) is 0 Å². The third-order valence-corrected chi connectivity index (χ3v) is 3.22. The van der Waals surface area contributed by atoms with Gasteiger partial charge >= 0.3 is 0 Å². The van der Waals surface area contributed by atoms with Gasteiger partial charge in [-0.05, 0) is 31.2 Å². The predicted molar refractivity (Wildman–Crippen MR) is 65.5 cm³/mol. The van der Waals surface area contributed by atoms with Gasteiger partial charge in [0.25, 0.3) is 0 Å². The van der Waals surface area contributed by atoms with Crippen molar-refractivity contribution >= 4 is 5.69 Å². The Morgan fingerprint density at radius 1 is 1.47 bits per heavy atom. The zero-order valence-corrected chi connectivity index (χ0v) is 9.88. The summed E-state index contributed by atoms with van der Waals surface area (Å²) in [6.07, 6.45) is 0. The van der Waals surface area contributed by atoms with Gasteiger partial charge in [0, 0.05) is 31.2 Å². The maximum absolute atomic E-state index is 3.20. The first-order chi connectivity index (χ1) is 7.26. The van der Waals surface area contributed by atoms with Crippen LogP contribution in [0.5, 0.6) is 0 Å². The van der Waals surface area contributed by atoms with Crippen molar-refractivity contribution in [3.63, 3.8) is 0 Å². The monoisotopic (exact) mass is 204 g/mol. The molecule has 0 aromatic heterocycles. The van der Waals surface area contributed by atoms with E-state index in [-0.39, 0.29) is 0 Å². The van der Waals surface area contributed by atoms with Crippen molar-refractivity contribution in [1.29, 1.82) is 0 Å². The summed E-state index contributed by atoms with van der Waals surface area (Å²) in [5, 5.41) is 3.20. The summed E-state index contributed by atoms with van der Waals surface area (Å²) in [5.74, 6) is 0.678. The molecule has 1 N–H and O–H groups in total. The lowest BCUT2D eigenvalue weighted by Crippen LogP contribution is -2.20. The van der Waals surface area contributed by atoms with E-state index in [1.807, 2.05) is 7.05 Å². The smallest absolute Gasteiger partial charge is 0.0402 e. The first-order valence-electron chi connectivity index (χ1n) is 5.78. The normalized spacial score (nSPS) is 19.4. The molecule has 82 valence electrons. The van der Waals surface area contributed by atoms with Crippen LogP contribution in [0.25, 0.3) is 0 Å². The predicted octanol–water partition coefficient (Wildman–Crippen LogP) is 2.35. The van der Waals surface area contributed by atoms with E-state index in [2.05, 4.69) is 42.3 Å². The average Bonchev–Trinajstić information content (AvgIpc) is 2.56. The first-order valence-corrected chi connectivity index (χ1v) is 5.78. The molecule has 1 aromatic carbocycles. The Balaban J connectivity index is 2.32. The van der Waals surface area contributed by atoms with E-state index in [0.29, 0.717) is 5.92 Å². The van der Waals surface area contributed by atoms with Crippen molar-refractivity contribution in [2.75, 3.05) is 25.0 Å². The molecule has 1 aromatic rings. The fraction of sp³-hybridized carbons (Fsp3) is 0.538. The fourth-order valence-corrected chi connectivity index (χ4v) is 2.43. The molecule has 15 heavy (non-hydrogen) atoms. The molecule has 1 aliphatic rings. The van der Waals surface area contributed by atoms with E-state index in [1.54, 1.807) is 0 Å². The van der Waals surface area contributed by atoms with E-state index < -0.39 is 0 Å². The molecule has 1 heterocycles. The van der Waals surface area contributed by atoms with Gasteiger partial charge in [0.1, 0.15) is 0 Å². The van der Waals surface area contributed by atoms with Crippen LogP contribution in [0.3, 0.4) is 0 Å². The van der Waals surface area contributed by atoms with Crippen LogP contribution < -0.4 is 10.2 Å². The van der Waals surface area contributed by atoms with Crippen molar-refractivity contribution in [2.45, 2.75) is 26.3 Å². The topological polar surface area (TPSA) is 15.3 Å². The Labute approximate surface area is 92.3 Å². The van der Waals surface area contributed by atoms with E-state index in [0.717, 1.165) is 13.1 Å². The highest BCUT2D eigenvalue weighted by molar-refractivity contribution is 5.61. The largest absolute Gasteiger partial charge is 0.371 e. The molecule has 2 rings (SSSR count). The number of hydrogen-bond acceptors (Lipinski definition) is 2. The molecule has 0 spiro atoms. The van der Waals surface area contributed by atoms with Gasteiger partial charge in [0.2, 0.25) is 0 Å². The third-order valence-electron chi connectivity index (χ3n) is 3.22. The highest BCUT2D eigenvalue weighted by atomic mass is 15.1. The summed E-state index contributed by atoms with van der Waals surface area (Å²) in [7, 11) is 2.00. The second kappa shape index (κ2) is 4.23. The molecule has 0 saturated carbocycles. The Morgan fingerprint density at radius 2 is 2.27 bits per heavy atom. The molecule has 2 heteroatoms. The molecule has 0 aliphatic carbocycles. The van der Waals surface area contributed by atoms with Crippen molar-refractivity contribution in [3.05, 3.63) is 29.3 Å². The number of likely N-dealkylation sites (N-methyl/N-ethyl adjacent to an activating group) is 1. The summed E-state index contributed by atoms with van der Waals surface area (Å²) in [6, 6.07) is 6.86. The Morgan fingerprint density at radius 3 is 2.93 bits per heavy atom. The van der Waals surface area contributed by atoms with Crippen molar-refractivity contribution < 1.29 is 0 Å². The van der Waals surface area contributed by atoms with Gasteiger partial charge in [0.15, 0.2) is 0 Å². The van der Waals surface area contributed by atoms with Gasteiger partial charge in [-0.2, -0.15) is 0 Å². The quantitative estimate of drug-likeness (QED) is 0.813. The lowest BCUT2D eigenvalue weighted by atomic mass is 10.0. The summed E-state index contributed by atoms with van der Waals surface area (Å²) < 4.78 is 0. The number of nitrogens with zero attached hydrogens (tertiary/aromatic N) is 1. The fourth-order valence-electron chi connectivity index (χ4n) is 2.43. The first kappa shape index (κ1) is 10.5. The van der Waals surface area contributed by atoms with Gasteiger partial charge in [-0.25, -0.2) is 0 Å². The Hall–Kier alpha value is -1.02. The Kier molecular flexibility index (Phi) is 2.96. The summed E-state index contributed by atoms with van der Waals surface area (Å²) in [4.78, 5) is 2.46. The van der Waals surface area contributed by atoms with Gasteiger partial charge < -0.3 is 10.2 Å². The second-order valence-electron chi connectivity index (χ2n) is 4.36. The van der Waals surface area contributed by atoms with E-state index in [9.17, 15) is 0 Å². The van der Waals surface area contributed by atoms with Crippen molar-refractivity contribution in [2.24, 2.45) is 0 Å². The van der Waals surface area contributed by atoms with Gasteiger partial charge in [-0.1, -0.05) is 19.1 Å². The summed E-state index contributed by atoms with van der Waals surface area (Å²) in [5.41, 5.74) is 4.34. The highest BCUT2D eigenvalue weighted by Crippen LogP contribution is 2.36. The van der Waals surface area contributed by atoms with Crippen LogP contribution in [0.15, 0.2) is 18.2 Å². The van der Waals surface area contributed by atoms with Crippen LogP contribution in [0.4, 0.5) is 5.69 Å². The van der Waals surface area contributed by atoms with Crippen molar-refractivity contribution in [1.82, 2.24) is 5.32 Å². The SMILES string of the molecule is CCN1CC(C)c2cc(CNC)ccc21.